The fourth-order valence-electron chi connectivity index (χ4n) is 2.28. The Balaban J connectivity index is 1.84. The molecule has 0 spiro atoms. The number of hydrogen-bond donors (Lipinski definition) is 2. The van der Waals surface area contributed by atoms with Gasteiger partial charge in [-0.25, -0.2) is 0 Å². The summed E-state index contributed by atoms with van der Waals surface area (Å²) in [6, 6.07) is 6.76. The van der Waals surface area contributed by atoms with Crippen molar-refractivity contribution in [3.05, 3.63) is 29.8 Å². The lowest BCUT2D eigenvalue weighted by atomic mass is 10.2. The molecule has 1 heterocycles. The molecule has 1 fully saturated rings. The second-order valence-electron chi connectivity index (χ2n) is 4.93. The molecule has 0 radical (unpaired) electrons. The summed E-state index contributed by atoms with van der Waals surface area (Å²) in [7, 11) is 1.69. The molecule has 1 aliphatic heterocycles. The van der Waals surface area contributed by atoms with Crippen molar-refractivity contribution in [3.8, 4) is 5.75 Å². The predicted molar refractivity (Wildman–Crippen MR) is 86.8 cm³/mol. The highest BCUT2D eigenvalue weighted by atomic mass is 32.2. The van der Waals surface area contributed by atoms with Crippen LogP contribution in [0.25, 0.3) is 0 Å². The number of guanidine groups is 1. The fourth-order valence-corrected chi connectivity index (χ4v) is 3.48. The highest BCUT2D eigenvalue weighted by molar-refractivity contribution is 8.00. The van der Waals surface area contributed by atoms with E-state index in [2.05, 4.69) is 20.4 Å². The highest BCUT2D eigenvalue weighted by Gasteiger charge is 2.15. The van der Waals surface area contributed by atoms with Crippen LogP contribution >= 0.6 is 11.8 Å². The Hall–Kier alpha value is -1.50. The van der Waals surface area contributed by atoms with Crippen molar-refractivity contribution >= 4 is 17.7 Å². The molecule has 1 atom stereocenters. The molecule has 1 aliphatic rings. The van der Waals surface area contributed by atoms with Crippen molar-refractivity contribution in [2.45, 2.75) is 31.2 Å². The molecule has 0 aromatic heterocycles. The van der Waals surface area contributed by atoms with E-state index in [4.69, 9.17) is 0 Å². The number of alkyl halides is 2. The third-order valence-electron chi connectivity index (χ3n) is 3.38. The average molecular weight is 329 g/mol. The van der Waals surface area contributed by atoms with Crippen LogP contribution in [0.1, 0.15) is 18.4 Å². The van der Waals surface area contributed by atoms with Crippen molar-refractivity contribution < 1.29 is 13.5 Å². The first-order valence-electron chi connectivity index (χ1n) is 7.28. The van der Waals surface area contributed by atoms with E-state index in [0.717, 1.165) is 6.54 Å². The minimum atomic E-state index is -2.82. The quantitative estimate of drug-likeness (QED) is 0.622. The average Bonchev–Trinajstić information content (AvgIpc) is 3.01. The normalized spacial score (nSPS) is 18.5. The molecular weight excluding hydrogens is 308 g/mol. The number of nitrogens with one attached hydrogen (secondary N) is 2. The molecule has 0 aliphatic carbocycles. The molecule has 0 saturated carbocycles. The lowest BCUT2D eigenvalue weighted by Crippen LogP contribution is -2.39. The maximum atomic E-state index is 12.4. The van der Waals surface area contributed by atoms with Crippen LogP contribution < -0.4 is 15.4 Å². The maximum Gasteiger partial charge on any atom is 0.387 e. The number of halogens is 2. The van der Waals surface area contributed by atoms with E-state index in [1.54, 1.807) is 25.2 Å². The third-order valence-corrected chi connectivity index (χ3v) is 4.78. The van der Waals surface area contributed by atoms with Gasteiger partial charge in [-0.15, -0.1) is 0 Å². The molecule has 4 nitrogen and oxygen atoms in total. The number of nitrogens with zero attached hydrogens (tertiary/aromatic N) is 1. The molecule has 0 bridgehead atoms. The lowest BCUT2D eigenvalue weighted by molar-refractivity contribution is -0.0504. The van der Waals surface area contributed by atoms with Crippen LogP contribution in [0.4, 0.5) is 8.78 Å². The van der Waals surface area contributed by atoms with Crippen LogP contribution in [0.15, 0.2) is 29.3 Å². The number of para-hydroxylation sites is 1. The molecule has 2 rings (SSSR count). The first kappa shape index (κ1) is 16.9. The number of hydrogen-bond acceptors (Lipinski definition) is 3. The number of benzene rings is 1. The summed E-state index contributed by atoms with van der Waals surface area (Å²) < 4.78 is 29.3. The van der Waals surface area contributed by atoms with E-state index in [0.29, 0.717) is 23.3 Å². The number of rotatable bonds is 6. The van der Waals surface area contributed by atoms with Gasteiger partial charge >= 0.3 is 6.61 Å². The zero-order chi connectivity index (χ0) is 15.8. The molecule has 2 N–H and O–H groups in total. The molecule has 1 aromatic carbocycles. The smallest absolute Gasteiger partial charge is 0.387 e. The van der Waals surface area contributed by atoms with E-state index >= 15 is 0 Å². The van der Waals surface area contributed by atoms with Crippen LogP contribution in [0.3, 0.4) is 0 Å². The molecule has 22 heavy (non-hydrogen) atoms. The van der Waals surface area contributed by atoms with Gasteiger partial charge in [0.05, 0.1) is 0 Å². The molecule has 1 saturated heterocycles. The van der Waals surface area contributed by atoms with Gasteiger partial charge in [0.2, 0.25) is 0 Å². The van der Waals surface area contributed by atoms with Gasteiger partial charge in [0.25, 0.3) is 0 Å². The van der Waals surface area contributed by atoms with Crippen molar-refractivity contribution in [1.29, 1.82) is 0 Å². The zero-order valence-corrected chi connectivity index (χ0v) is 13.3. The van der Waals surface area contributed by atoms with Gasteiger partial charge in [0.15, 0.2) is 5.96 Å². The van der Waals surface area contributed by atoms with E-state index < -0.39 is 6.61 Å². The van der Waals surface area contributed by atoms with Crippen molar-refractivity contribution in [2.24, 2.45) is 4.99 Å². The Morgan fingerprint density at radius 3 is 2.91 bits per heavy atom. The van der Waals surface area contributed by atoms with Gasteiger partial charge in [-0.1, -0.05) is 18.2 Å². The minimum Gasteiger partial charge on any atom is -0.434 e. The molecule has 7 heteroatoms. The van der Waals surface area contributed by atoms with Crippen LogP contribution in [0.2, 0.25) is 0 Å². The number of ether oxygens (including phenoxy) is 1. The van der Waals surface area contributed by atoms with Crippen LogP contribution in [-0.2, 0) is 6.54 Å². The van der Waals surface area contributed by atoms with Crippen LogP contribution in [0, 0.1) is 0 Å². The standard InChI is InChI=1S/C15H21F2N3OS/c1-18-15(20-10-12-6-4-8-22-12)19-9-11-5-2-3-7-13(11)21-14(16)17/h2-3,5,7,12,14H,4,6,8-10H2,1H3,(H2,18,19,20). The Morgan fingerprint density at radius 1 is 1.41 bits per heavy atom. The Bertz CT molecular complexity index is 493. The van der Waals surface area contributed by atoms with E-state index in [9.17, 15) is 8.78 Å². The van der Waals surface area contributed by atoms with E-state index in [1.165, 1.54) is 24.7 Å². The summed E-state index contributed by atoms with van der Waals surface area (Å²) in [4.78, 5) is 4.15. The fraction of sp³-hybridized carbons (Fsp3) is 0.533. The van der Waals surface area contributed by atoms with Crippen LogP contribution in [-0.4, -0.2) is 37.2 Å². The molecule has 0 amide bonds. The van der Waals surface area contributed by atoms with Gasteiger partial charge < -0.3 is 15.4 Å². The highest BCUT2D eigenvalue weighted by Crippen LogP contribution is 2.25. The van der Waals surface area contributed by atoms with Gasteiger partial charge in [-0.05, 0) is 24.7 Å². The van der Waals surface area contributed by atoms with Gasteiger partial charge in [0.1, 0.15) is 5.75 Å². The van der Waals surface area contributed by atoms with Gasteiger partial charge in [0, 0.05) is 31.0 Å². The lowest BCUT2D eigenvalue weighted by Gasteiger charge is -2.16. The third kappa shape index (κ3) is 5.36. The summed E-state index contributed by atoms with van der Waals surface area (Å²) in [5.41, 5.74) is 0.668. The van der Waals surface area contributed by atoms with Crippen molar-refractivity contribution in [2.75, 3.05) is 19.3 Å². The summed E-state index contributed by atoms with van der Waals surface area (Å²) >= 11 is 1.97. The summed E-state index contributed by atoms with van der Waals surface area (Å²) in [6.45, 7) is -1.59. The number of aliphatic imine (C=N–C) groups is 1. The van der Waals surface area contributed by atoms with E-state index in [1.807, 2.05) is 11.8 Å². The first-order valence-corrected chi connectivity index (χ1v) is 8.32. The Labute approximate surface area is 133 Å². The minimum absolute atomic E-state index is 0.187. The summed E-state index contributed by atoms with van der Waals surface area (Å²) in [5.74, 6) is 2.07. The van der Waals surface area contributed by atoms with Crippen molar-refractivity contribution in [3.63, 3.8) is 0 Å². The monoisotopic (exact) mass is 329 g/mol. The summed E-state index contributed by atoms with van der Waals surface area (Å²) in [5, 5.41) is 7.02. The summed E-state index contributed by atoms with van der Waals surface area (Å²) in [6.07, 6.45) is 2.49. The first-order chi connectivity index (χ1) is 10.7. The molecular formula is C15H21F2N3OS. The topological polar surface area (TPSA) is 45.7 Å². The molecule has 1 aromatic rings. The Kier molecular flexibility index (Phi) is 6.76. The number of thioether (sulfide) groups is 1. The van der Waals surface area contributed by atoms with Gasteiger partial charge in [-0.3, -0.25) is 4.99 Å². The molecule has 1 unspecified atom stereocenters. The Morgan fingerprint density at radius 2 is 2.23 bits per heavy atom. The predicted octanol–water partition coefficient (Wildman–Crippen LogP) is 2.85. The maximum absolute atomic E-state index is 12.4. The molecule has 122 valence electrons. The zero-order valence-electron chi connectivity index (χ0n) is 12.5. The van der Waals surface area contributed by atoms with Gasteiger partial charge in [-0.2, -0.15) is 20.5 Å². The second kappa shape index (κ2) is 8.82. The van der Waals surface area contributed by atoms with Crippen LogP contribution in [0.5, 0.6) is 5.75 Å². The van der Waals surface area contributed by atoms with E-state index in [-0.39, 0.29) is 5.75 Å². The largest absolute Gasteiger partial charge is 0.434 e. The second-order valence-corrected chi connectivity index (χ2v) is 6.34. The van der Waals surface area contributed by atoms with Crippen molar-refractivity contribution in [1.82, 2.24) is 10.6 Å². The SMILES string of the molecule is CN=C(NCc1ccccc1OC(F)F)NCC1CCCS1.